The summed E-state index contributed by atoms with van der Waals surface area (Å²) in [5.41, 5.74) is 2.37. The molecule has 1 aromatic heterocycles. The van der Waals surface area contributed by atoms with E-state index in [0.717, 1.165) is 88.5 Å². The molecule has 1 spiro atoms. The summed E-state index contributed by atoms with van der Waals surface area (Å²) in [5, 5.41) is 9.85. The molecule has 4 aliphatic rings. The number of anilines is 1. The molecule has 4 fully saturated rings. The van der Waals surface area contributed by atoms with Crippen molar-refractivity contribution in [3.63, 3.8) is 0 Å². The molecule has 1 N–H and O–H groups in total. The molecule has 1 aromatic carbocycles. The van der Waals surface area contributed by atoms with Crippen molar-refractivity contribution in [3.8, 4) is 11.1 Å². The van der Waals surface area contributed by atoms with Gasteiger partial charge in [-0.05, 0) is 81.5 Å². The van der Waals surface area contributed by atoms with Crippen LogP contribution >= 0.6 is 0 Å². The normalized spacial score (nSPS) is 25.4. The van der Waals surface area contributed by atoms with Gasteiger partial charge in [0.2, 0.25) is 5.91 Å². The fourth-order valence-electron chi connectivity index (χ4n) is 6.91. The monoisotopic (exact) mass is 520 g/mol. The number of aliphatic hydroxyl groups is 1. The van der Waals surface area contributed by atoms with Gasteiger partial charge in [-0.25, -0.2) is 4.39 Å². The lowest BCUT2D eigenvalue weighted by Gasteiger charge is -2.40. The van der Waals surface area contributed by atoms with Crippen LogP contribution in [0.25, 0.3) is 11.1 Å². The fraction of sp³-hybridized carbons (Fsp3) is 0.567. The quantitative estimate of drug-likeness (QED) is 0.653. The standard InChI is InChI=1S/C30H37FN4O3/c31-25-9-3-21(22-4-10-26(32-20-22)28(37)34-14-1-2-15-34)19-27(25)33-16-11-30(12-17-33)13-18-35(29(30)38)23-5-7-24(36)8-6-23/h3-4,9-10,19-20,23-24,36H,1-2,5-8,11-18H2/t23-,24+. The zero-order valence-corrected chi connectivity index (χ0v) is 21.9. The van der Waals surface area contributed by atoms with Crippen molar-refractivity contribution in [2.24, 2.45) is 5.41 Å². The second kappa shape index (κ2) is 10.3. The molecule has 202 valence electrons. The van der Waals surface area contributed by atoms with Gasteiger partial charge in [-0.15, -0.1) is 0 Å². The van der Waals surface area contributed by atoms with Crippen LogP contribution in [0.1, 0.15) is 68.3 Å². The summed E-state index contributed by atoms with van der Waals surface area (Å²) in [7, 11) is 0. The van der Waals surface area contributed by atoms with E-state index < -0.39 is 0 Å². The first-order chi connectivity index (χ1) is 18.4. The summed E-state index contributed by atoms with van der Waals surface area (Å²) >= 11 is 0. The number of hydrogen-bond acceptors (Lipinski definition) is 5. The number of aliphatic hydroxyl groups excluding tert-OH is 1. The molecule has 6 rings (SSSR count). The number of likely N-dealkylation sites (tertiary alicyclic amines) is 2. The Kier molecular flexibility index (Phi) is 6.84. The number of nitrogens with zero attached hydrogens (tertiary/aromatic N) is 4. The molecular formula is C30H37FN4O3. The summed E-state index contributed by atoms with van der Waals surface area (Å²) in [6.07, 6.45) is 9.21. The number of piperidine rings is 1. The molecule has 3 aliphatic heterocycles. The lowest BCUT2D eigenvalue weighted by molar-refractivity contribution is -0.139. The summed E-state index contributed by atoms with van der Waals surface area (Å²) in [5.74, 6) is -0.0294. The molecular weight excluding hydrogens is 483 g/mol. The number of carbonyl (C=O) groups is 2. The van der Waals surface area contributed by atoms with Crippen LogP contribution in [0, 0.1) is 11.2 Å². The van der Waals surface area contributed by atoms with Crippen molar-refractivity contribution in [3.05, 3.63) is 48.0 Å². The van der Waals surface area contributed by atoms with Crippen molar-refractivity contribution in [1.82, 2.24) is 14.8 Å². The van der Waals surface area contributed by atoms with Crippen molar-refractivity contribution >= 4 is 17.5 Å². The highest BCUT2D eigenvalue weighted by Gasteiger charge is 2.50. The van der Waals surface area contributed by atoms with Gasteiger partial charge in [0.1, 0.15) is 11.5 Å². The van der Waals surface area contributed by atoms with Crippen LogP contribution in [0.2, 0.25) is 0 Å². The van der Waals surface area contributed by atoms with Crippen LogP contribution in [-0.2, 0) is 4.79 Å². The first-order valence-electron chi connectivity index (χ1n) is 14.2. The number of aromatic nitrogens is 1. The average molecular weight is 521 g/mol. The molecule has 8 heteroatoms. The molecule has 2 amide bonds. The molecule has 0 unspecified atom stereocenters. The maximum absolute atomic E-state index is 15.0. The summed E-state index contributed by atoms with van der Waals surface area (Å²) in [6, 6.07) is 9.01. The Hall–Kier alpha value is -3.00. The van der Waals surface area contributed by atoms with E-state index in [2.05, 4.69) is 14.8 Å². The van der Waals surface area contributed by atoms with E-state index in [1.807, 2.05) is 17.0 Å². The van der Waals surface area contributed by atoms with E-state index >= 15 is 0 Å². The van der Waals surface area contributed by atoms with Gasteiger partial charge >= 0.3 is 0 Å². The molecule has 1 aliphatic carbocycles. The smallest absolute Gasteiger partial charge is 0.272 e. The third kappa shape index (κ3) is 4.68. The Labute approximate surface area is 223 Å². The van der Waals surface area contributed by atoms with E-state index in [9.17, 15) is 19.1 Å². The minimum atomic E-state index is -0.331. The van der Waals surface area contributed by atoms with Crippen LogP contribution in [0.3, 0.4) is 0 Å². The number of halogens is 1. The molecule has 0 bridgehead atoms. The van der Waals surface area contributed by atoms with E-state index in [1.165, 1.54) is 6.07 Å². The lowest BCUT2D eigenvalue weighted by atomic mass is 9.76. The Morgan fingerprint density at radius 2 is 1.61 bits per heavy atom. The van der Waals surface area contributed by atoms with Gasteiger partial charge in [0.05, 0.1) is 17.2 Å². The molecule has 0 radical (unpaired) electrons. The SMILES string of the molecule is O=C(c1ccc(-c2ccc(F)c(N3CCC4(CC3)CCN([C@H]3CC[C@@H](O)CC3)C4=O)c2)cn1)N1CCCC1. The molecule has 7 nitrogen and oxygen atoms in total. The summed E-state index contributed by atoms with van der Waals surface area (Å²) < 4.78 is 15.0. The summed E-state index contributed by atoms with van der Waals surface area (Å²) in [4.78, 5) is 36.5. The van der Waals surface area contributed by atoms with Gasteiger partial charge in [0, 0.05) is 50.5 Å². The fourth-order valence-corrected chi connectivity index (χ4v) is 6.91. The van der Waals surface area contributed by atoms with E-state index in [1.54, 1.807) is 18.3 Å². The minimum absolute atomic E-state index is 0.0304. The van der Waals surface area contributed by atoms with Crippen LogP contribution < -0.4 is 4.90 Å². The average Bonchev–Trinajstić information content (AvgIpc) is 3.59. The second-order valence-corrected chi connectivity index (χ2v) is 11.6. The van der Waals surface area contributed by atoms with Gasteiger partial charge in [0.25, 0.3) is 5.91 Å². The molecule has 1 saturated carbocycles. The Morgan fingerprint density at radius 1 is 0.921 bits per heavy atom. The highest BCUT2D eigenvalue weighted by atomic mass is 19.1. The van der Waals surface area contributed by atoms with Crippen LogP contribution in [0.5, 0.6) is 0 Å². The van der Waals surface area contributed by atoms with Crippen LogP contribution in [0.4, 0.5) is 10.1 Å². The van der Waals surface area contributed by atoms with Crippen molar-refractivity contribution in [2.45, 2.75) is 69.9 Å². The van der Waals surface area contributed by atoms with E-state index in [0.29, 0.717) is 24.5 Å². The molecule has 2 aromatic rings. The number of pyridine rings is 1. The van der Waals surface area contributed by atoms with Crippen molar-refractivity contribution in [1.29, 1.82) is 0 Å². The first kappa shape index (κ1) is 25.3. The summed E-state index contributed by atoms with van der Waals surface area (Å²) in [6.45, 7) is 3.66. The largest absolute Gasteiger partial charge is 0.393 e. The first-order valence-corrected chi connectivity index (χ1v) is 14.2. The van der Waals surface area contributed by atoms with Gasteiger partial charge in [-0.1, -0.05) is 12.1 Å². The van der Waals surface area contributed by atoms with Crippen molar-refractivity contribution in [2.75, 3.05) is 37.6 Å². The number of rotatable bonds is 4. The van der Waals surface area contributed by atoms with Gasteiger partial charge in [0.15, 0.2) is 0 Å². The zero-order chi connectivity index (χ0) is 26.3. The predicted molar refractivity (Wildman–Crippen MR) is 143 cm³/mol. The Morgan fingerprint density at radius 3 is 2.29 bits per heavy atom. The highest BCUT2D eigenvalue weighted by molar-refractivity contribution is 5.92. The highest BCUT2D eigenvalue weighted by Crippen LogP contribution is 2.45. The Balaban J connectivity index is 1.12. The topological polar surface area (TPSA) is 77.0 Å². The molecule has 38 heavy (non-hydrogen) atoms. The lowest BCUT2D eigenvalue weighted by Crippen LogP contribution is -2.47. The van der Waals surface area contributed by atoms with E-state index in [-0.39, 0.29) is 35.2 Å². The molecule has 3 saturated heterocycles. The molecule has 4 heterocycles. The zero-order valence-electron chi connectivity index (χ0n) is 21.9. The number of benzene rings is 1. The van der Waals surface area contributed by atoms with Gasteiger partial charge < -0.3 is 19.8 Å². The Bertz CT molecular complexity index is 1180. The number of carbonyl (C=O) groups excluding carboxylic acids is 2. The minimum Gasteiger partial charge on any atom is -0.393 e. The van der Waals surface area contributed by atoms with Crippen molar-refractivity contribution < 1.29 is 19.1 Å². The predicted octanol–water partition coefficient (Wildman–Crippen LogP) is 4.25. The number of hydrogen-bond donors (Lipinski definition) is 1. The van der Waals surface area contributed by atoms with Gasteiger partial charge in [-0.3, -0.25) is 14.6 Å². The third-order valence-electron chi connectivity index (χ3n) is 9.37. The number of amides is 2. The van der Waals surface area contributed by atoms with Crippen LogP contribution in [0.15, 0.2) is 36.5 Å². The maximum Gasteiger partial charge on any atom is 0.272 e. The molecule has 0 atom stereocenters. The van der Waals surface area contributed by atoms with E-state index in [4.69, 9.17) is 0 Å². The second-order valence-electron chi connectivity index (χ2n) is 11.6. The van der Waals surface area contributed by atoms with Crippen LogP contribution in [-0.4, -0.2) is 76.6 Å². The van der Waals surface area contributed by atoms with Gasteiger partial charge in [-0.2, -0.15) is 0 Å². The maximum atomic E-state index is 15.0. The third-order valence-corrected chi connectivity index (χ3v) is 9.37.